The molecule has 0 aliphatic carbocycles. The summed E-state index contributed by atoms with van der Waals surface area (Å²) < 4.78 is 11.3. The molecule has 3 rings (SSSR count). The second kappa shape index (κ2) is 12.0. The van der Waals surface area contributed by atoms with Crippen molar-refractivity contribution in [1.29, 1.82) is 0 Å². The molecule has 3 aromatic rings. The first-order valence-electron chi connectivity index (χ1n) is 10.8. The van der Waals surface area contributed by atoms with E-state index < -0.39 is 12.2 Å². The highest BCUT2D eigenvalue weighted by Crippen LogP contribution is 2.18. The van der Waals surface area contributed by atoms with Crippen LogP contribution < -0.4 is 20.1 Å². The van der Waals surface area contributed by atoms with E-state index in [1.165, 1.54) is 0 Å². The largest absolute Gasteiger partial charge is 0.491 e. The van der Waals surface area contributed by atoms with E-state index in [2.05, 4.69) is 10.6 Å². The zero-order valence-electron chi connectivity index (χ0n) is 18.6. The molecule has 0 amide bonds. The van der Waals surface area contributed by atoms with Crippen molar-refractivity contribution in [2.75, 3.05) is 36.9 Å². The maximum Gasteiger partial charge on any atom is 0.119 e. The lowest BCUT2D eigenvalue weighted by atomic mass is 10.2. The number of benzene rings is 3. The van der Waals surface area contributed by atoms with Crippen LogP contribution in [-0.4, -0.2) is 48.7 Å². The van der Waals surface area contributed by atoms with Gasteiger partial charge < -0.3 is 30.3 Å². The second-order valence-electron chi connectivity index (χ2n) is 7.90. The van der Waals surface area contributed by atoms with Gasteiger partial charge in [-0.05, 0) is 73.5 Å². The molecule has 0 bridgehead atoms. The molecule has 2 atom stereocenters. The predicted octanol–water partition coefficient (Wildman–Crippen LogP) is 4.01. The fraction of sp³-hybridized carbons (Fsp3) is 0.308. The second-order valence-corrected chi connectivity index (χ2v) is 7.90. The first kappa shape index (κ1) is 23.4. The number of rotatable bonds is 12. The fourth-order valence-corrected chi connectivity index (χ4v) is 3.12. The van der Waals surface area contributed by atoms with Crippen LogP contribution in [0.15, 0.2) is 72.8 Å². The van der Waals surface area contributed by atoms with E-state index in [0.29, 0.717) is 24.6 Å². The Morgan fingerprint density at radius 3 is 1.44 bits per heavy atom. The minimum Gasteiger partial charge on any atom is -0.491 e. The van der Waals surface area contributed by atoms with E-state index in [-0.39, 0.29) is 13.2 Å². The van der Waals surface area contributed by atoms with E-state index in [4.69, 9.17) is 9.47 Å². The topological polar surface area (TPSA) is 83.0 Å². The monoisotopic (exact) mass is 436 g/mol. The lowest BCUT2D eigenvalue weighted by Crippen LogP contribution is -2.26. The Hall–Kier alpha value is -3.22. The molecule has 0 aliphatic heterocycles. The molecule has 0 saturated carbocycles. The van der Waals surface area contributed by atoms with Crippen LogP contribution in [0.1, 0.15) is 11.1 Å². The van der Waals surface area contributed by atoms with Gasteiger partial charge in [0.05, 0.1) is 0 Å². The predicted molar refractivity (Wildman–Crippen MR) is 129 cm³/mol. The number of hydrogen-bond acceptors (Lipinski definition) is 6. The minimum atomic E-state index is -0.637. The maximum atomic E-state index is 10.1. The molecule has 0 radical (unpaired) electrons. The van der Waals surface area contributed by atoms with Gasteiger partial charge in [0.2, 0.25) is 0 Å². The summed E-state index contributed by atoms with van der Waals surface area (Å²) in [7, 11) is 0. The van der Waals surface area contributed by atoms with Gasteiger partial charge in [-0.3, -0.25) is 0 Å². The third-order valence-corrected chi connectivity index (χ3v) is 4.83. The Bertz CT molecular complexity index is 884. The molecule has 0 fully saturated rings. The third kappa shape index (κ3) is 8.13. The van der Waals surface area contributed by atoms with Crippen LogP contribution in [0.3, 0.4) is 0 Å². The number of aliphatic hydroxyl groups is 2. The van der Waals surface area contributed by atoms with Gasteiger partial charge >= 0.3 is 0 Å². The summed E-state index contributed by atoms with van der Waals surface area (Å²) in [5.74, 6) is 1.29. The summed E-state index contributed by atoms with van der Waals surface area (Å²) in [4.78, 5) is 0. The third-order valence-electron chi connectivity index (χ3n) is 4.83. The molecule has 0 unspecified atom stereocenters. The van der Waals surface area contributed by atoms with E-state index in [9.17, 15) is 10.2 Å². The first-order chi connectivity index (χ1) is 15.5. The molecule has 170 valence electrons. The molecule has 0 aromatic heterocycles. The van der Waals surface area contributed by atoms with E-state index in [0.717, 1.165) is 22.5 Å². The van der Waals surface area contributed by atoms with Gasteiger partial charge in [-0.1, -0.05) is 24.3 Å². The molecule has 3 aromatic carbocycles. The molecule has 6 heteroatoms. The SMILES string of the molecule is Cc1cccc(NC[C@H](O)COc2ccc(OC[C@@H](O)CNc3cccc(C)c3)cc2)c1. The van der Waals surface area contributed by atoms with Crippen LogP contribution in [0.4, 0.5) is 11.4 Å². The van der Waals surface area contributed by atoms with Gasteiger partial charge in [0, 0.05) is 24.5 Å². The minimum absolute atomic E-state index is 0.183. The lowest BCUT2D eigenvalue weighted by Gasteiger charge is -2.16. The van der Waals surface area contributed by atoms with Crippen LogP contribution in [0, 0.1) is 13.8 Å². The summed E-state index contributed by atoms with van der Waals surface area (Å²) in [5.41, 5.74) is 4.28. The summed E-state index contributed by atoms with van der Waals surface area (Å²) in [6.45, 7) is 5.23. The van der Waals surface area contributed by atoms with Crippen molar-refractivity contribution in [1.82, 2.24) is 0 Å². The molecule has 4 N–H and O–H groups in total. The number of aryl methyl sites for hydroxylation is 2. The van der Waals surface area contributed by atoms with Gasteiger partial charge in [0.15, 0.2) is 0 Å². The summed E-state index contributed by atoms with van der Waals surface area (Å²) in [6.07, 6.45) is -1.27. The Morgan fingerprint density at radius 1 is 0.656 bits per heavy atom. The van der Waals surface area contributed by atoms with Crippen molar-refractivity contribution in [3.8, 4) is 11.5 Å². The molecular formula is C26H32N2O4. The lowest BCUT2D eigenvalue weighted by molar-refractivity contribution is 0.115. The Balaban J connectivity index is 1.34. The molecule has 0 heterocycles. The highest BCUT2D eigenvalue weighted by Gasteiger charge is 2.08. The summed E-state index contributed by atoms with van der Waals surface area (Å²) >= 11 is 0. The average molecular weight is 437 g/mol. The molecule has 0 aliphatic rings. The number of aliphatic hydroxyl groups excluding tert-OH is 2. The van der Waals surface area contributed by atoms with Crippen LogP contribution in [0.25, 0.3) is 0 Å². The van der Waals surface area contributed by atoms with Crippen molar-refractivity contribution in [3.63, 3.8) is 0 Å². The molecule has 6 nitrogen and oxygen atoms in total. The normalized spacial score (nSPS) is 12.6. The van der Waals surface area contributed by atoms with Gasteiger partial charge in [-0.2, -0.15) is 0 Å². The van der Waals surface area contributed by atoms with Crippen LogP contribution >= 0.6 is 0 Å². The summed E-state index contributed by atoms with van der Waals surface area (Å²) in [6, 6.07) is 23.1. The zero-order valence-corrected chi connectivity index (χ0v) is 18.6. The van der Waals surface area contributed by atoms with Crippen LogP contribution in [-0.2, 0) is 0 Å². The zero-order chi connectivity index (χ0) is 22.8. The quantitative estimate of drug-likeness (QED) is 0.343. The molecule has 0 saturated heterocycles. The highest BCUT2D eigenvalue weighted by molar-refractivity contribution is 5.46. The first-order valence-corrected chi connectivity index (χ1v) is 10.8. The number of anilines is 2. The smallest absolute Gasteiger partial charge is 0.119 e. The van der Waals surface area contributed by atoms with Gasteiger partial charge in [0.1, 0.15) is 36.9 Å². The Labute approximate surface area is 189 Å². The van der Waals surface area contributed by atoms with Crippen molar-refractivity contribution in [3.05, 3.63) is 83.9 Å². The van der Waals surface area contributed by atoms with Crippen molar-refractivity contribution in [2.45, 2.75) is 26.1 Å². The molecule has 32 heavy (non-hydrogen) atoms. The van der Waals surface area contributed by atoms with Gasteiger partial charge in [0.25, 0.3) is 0 Å². The van der Waals surface area contributed by atoms with Gasteiger partial charge in [-0.25, -0.2) is 0 Å². The van der Waals surface area contributed by atoms with Crippen LogP contribution in [0.2, 0.25) is 0 Å². The van der Waals surface area contributed by atoms with E-state index in [1.54, 1.807) is 24.3 Å². The van der Waals surface area contributed by atoms with Gasteiger partial charge in [-0.15, -0.1) is 0 Å². The van der Waals surface area contributed by atoms with Crippen molar-refractivity contribution >= 4 is 11.4 Å². The van der Waals surface area contributed by atoms with E-state index in [1.807, 2.05) is 62.4 Å². The molecular weight excluding hydrogens is 404 g/mol. The van der Waals surface area contributed by atoms with E-state index >= 15 is 0 Å². The summed E-state index contributed by atoms with van der Waals surface area (Å²) in [5, 5.41) is 26.7. The number of ether oxygens (including phenoxy) is 2. The number of nitrogens with one attached hydrogen (secondary N) is 2. The van der Waals surface area contributed by atoms with Crippen molar-refractivity contribution in [2.24, 2.45) is 0 Å². The highest BCUT2D eigenvalue weighted by atomic mass is 16.5. The fourth-order valence-electron chi connectivity index (χ4n) is 3.12. The maximum absolute atomic E-state index is 10.1. The van der Waals surface area contributed by atoms with Crippen molar-refractivity contribution < 1.29 is 19.7 Å². The average Bonchev–Trinajstić information content (AvgIpc) is 2.79. The molecule has 0 spiro atoms. The Morgan fingerprint density at radius 2 is 1.06 bits per heavy atom. The Kier molecular flexibility index (Phi) is 8.78. The number of hydrogen-bond donors (Lipinski definition) is 4. The standard InChI is InChI=1S/C26H32N2O4/c1-19-5-3-7-21(13-19)27-15-23(29)17-31-25-9-11-26(12-10-25)32-18-24(30)16-28-22-8-4-6-20(2)14-22/h3-14,23-24,27-30H,15-18H2,1-2H3/t23-,24-/m0/s1. The van der Waals surface area contributed by atoms with Crippen LogP contribution in [0.5, 0.6) is 11.5 Å².